The fraction of sp³-hybridized carbons (Fsp3) is 0.172. The maximum Gasteiger partial charge on any atom is 0.338 e. The number of nitrogens with zero attached hydrogens (tertiary/aromatic N) is 2. The zero-order valence-electron chi connectivity index (χ0n) is 20.6. The molecule has 0 radical (unpaired) electrons. The molecule has 0 bridgehead atoms. The van der Waals surface area contributed by atoms with Gasteiger partial charge in [-0.2, -0.15) is 0 Å². The zero-order valence-corrected chi connectivity index (χ0v) is 21.4. The number of fused-ring (bicyclic) bond motifs is 1. The molecule has 4 aromatic rings. The van der Waals surface area contributed by atoms with Gasteiger partial charge in [0.2, 0.25) is 0 Å². The number of rotatable bonds is 6. The lowest BCUT2D eigenvalue weighted by Crippen LogP contribution is -2.39. The van der Waals surface area contributed by atoms with Crippen molar-refractivity contribution in [2.24, 2.45) is 4.99 Å². The molecular formula is C29H24N2O5S. The summed E-state index contributed by atoms with van der Waals surface area (Å²) in [6.45, 7) is 5.25. The van der Waals surface area contributed by atoms with E-state index in [4.69, 9.17) is 9.15 Å². The molecule has 3 heterocycles. The molecule has 0 amide bonds. The Bertz CT molecular complexity index is 1710. The molecule has 0 unspecified atom stereocenters. The summed E-state index contributed by atoms with van der Waals surface area (Å²) in [5.74, 6) is 0.640. The number of esters is 1. The number of thiazole rings is 1. The Morgan fingerprint density at radius 2 is 1.81 bits per heavy atom. The molecule has 0 saturated carbocycles. The number of hydrogen-bond donors (Lipinski definition) is 0. The molecular weight excluding hydrogens is 488 g/mol. The first-order valence-corrected chi connectivity index (χ1v) is 12.6. The number of aromatic nitrogens is 1. The molecule has 0 aliphatic carbocycles. The Kier molecular flexibility index (Phi) is 6.58. The molecule has 2 aromatic heterocycles. The summed E-state index contributed by atoms with van der Waals surface area (Å²) in [7, 11) is 0. The first kappa shape index (κ1) is 24.4. The lowest BCUT2D eigenvalue weighted by molar-refractivity contribution is -0.139. The van der Waals surface area contributed by atoms with Crippen molar-refractivity contribution >= 4 is 29.2 Å². The van der Waals surface area contributed by atoms with Crippen molar-refractivity contribution in [3.8, 4) is 11.3 Å². The van der Waals surface area contributed by atoms with Crippen molar-refractivity contribution in [1.82, 2.24) is 4.57 Å². The quantitative estimate of drug-likeness (QED) is 0.284. The molecule has 1 aliphatic rings. The minimum absolute atomic E-state index is 0.00258. The first-order chi connectivity index (χ1) is 17.9. The summed E-state index contributed by atoms with van der Waals surface area (Å²) in [5, 5.41) is 0. The van der Waals surface area contributed by atoms with Gasteiger partial charge in [-0.25, -0.2) is 9.79 Å². The highest BCUT2D eigenvalue weighted by Crippen LogP contribution is 2.30. The largest absolute Gasteiger partial charge is 0.463 e. The van der Waals surface area contributed by atoms with Gasteiger partial charge in [0.05, 0.1) is 28.5 Å². The van der Waals surface area contributed by atoms with Gasteiger partial charge < -0.3 is 9.15 Å². The van der Waals surface area contributed by atoms with E-state index >= 15 is 0 Å². The molecule has 0 N–H and O–H groups in total. The maximum absolute atomic E-state index is 13.6. The topological polar surface area (TPSA) is 90.9 Å². The highest BCUT2D eigenvalue weighted by Gasteiger charge is 2.33. The van der Waals surface area contributed by atoms with Crippen LogP contribution in [0, 0.1) is 0 Å². The van der Waals surface area contributed by atoms with Gasteiger partial charge in [-0.05, 0) is 38.5 Å². The van der Waals surface area contributed by atoms with E-state index < -0.39 is 12.0 Å². The highest BCUT2D eigenvalue weighted by atomic mass is 32.1. The van der Waals surface area contributed by atoms with Crippen LogP contribution in [-0.4, -0.2) is 22.9 Å². The van der Waals surface area contributed by atoms with E-state index in [2.05, 4.69) is 4.99 Å². The Morgan fingerprint density at radius 3 is 2.49 bits per heavy atom. The van der Waals surface area contributed by atoms with Gasteiger partial charge in [-0.3, -0.25) is 14.2 Å². The van der Waals surface area contributed by atoms with Crippen LogP contribution in [0.15, 0.2) is 92.2 Å². The Labute approximate surface area is 216 Å². The molecule has 8 heteroatoms. The number of ketones is 1. The third kappa shape index (κ3) is 4.63. The molecule has 37 heavy (non-hydrogen) atoms. The van der Waals surface area contributed by atoms with E-state index in [1.165, 1.54) is 18.3 Å². The standard InChI is InChI=1S/C29H24N2O5S/c1-4-35-28(34)25-17(2)30-29-31(26(25)21-8-6-5-7-9-21)27(33)24(37-29)16-22-14-15-23(36-22)20-12-10-19(11-13-20)18(3)32/h5-16,26H,4H2,1-3H3/b24-16-/t26-/m0/s1. The number of hydrogen-bond acceptors (Lipinski definition) is 7. The van der Waals surface area contributed by atoms with Gasteiger partial charge >= 0.3 is 5.97 Å². The lowest BCUT2D eigenvalue weighted by atomic mass is 9.96. The number of benzene rings is 2. The van der Waals surface area contributed by atoms with Gasteiger partial charge in [0.25, 0.3) is 5.56 Å². The second kappa shape index (κ2) is 9.99. The highest BCUT2D eigenvalue weighted by molar-refractivity contribution is 7.07. The minimum Gasteiger partial charge on any atom is -0.463 e. The first-order valence-electron chi connectivity index (χ1n) is 11.8. The van der Waals surface area contributed by atoms with Crippen molar-refractivity contribution in [3.05, 3.63) is 115 Å². The lowest BCUT2D eigenvalue weighted by Gasteiger charge is -2.24. The van der Waals surface area contributed by atoms with E-state index in [1.54, 1.807) is 42.7 Å². The van der Waals surface area contributed by atoms with Crippen molar-refractivity contribution in [3.63, 3.8) is 0 Å². The van der Waals surface area contributed by atoms with Crippen LogP contribution in [0.1, 0.15) is 48.5 Å². The zero-order chi connectivity index (χ0) is 26.1. The Hall–Kier alpha value is -4.30. The summed E-state index contributed by atoms with van der Waals surface area (Å²) in [6.07, 6.45) is 1.68. The predicted molar refractivity (Wildman–Crippen MR) is 141 cm³/mol. The SMILES string of the molecule is CCOC(=O)C1=C(C)N=c2s/c(=C\c3ccc(-c4ccc(C(C)=O)cc4)o3)c(=O)n2[C@H]1c1ccccc1. The van der Waals surface area contributed by atoms with Gasteiger partial charge in [0, 0.05) is 17.2 Å². The van der Waals surface area contributed by atoms with Crippen LogP contribution in [0.4, 0.5) is 0 Å². The third-order valence-corrected chi connectivity index (χ3v) is 7.09. The number of Topliss-reactive ketones (excluding diaryl/α,β-unsaturated/α-hetero) is 1. The van der Waals surface area contributed by atoms with Crippen LogP contribution in [0.5, 0.6) is 0 Å². The van der Waals surface area contributed by atoms with Gasteiger partial charge in [-0.1, -0.05) is 65.9 Å². The number of ether oxygens (including phenoxy) is 1. The van der Waals surface area contributed by atoms with E-state index in [0.717, 1.165) is 11.1 Å². The van der Waals surface area contributed by atoms with Crippen LogP contribution >= 0.6 is 11.3 Å². The monoisotopic (exact) mass is 512 g/mol. The summed E-state index contributed by atoms with van der Waals surface area (Å²) in [4.78, 5) is 43.2. The maximum atomic E-state index is 13.6. The second-order valence-corrected chi connectivity index (χ2v) is 9.56. The Balaban J connectivity index is 1.59. The van der Waals surface area contributed by atoms with E-state index in [0.29, 0.717) is 37.7 Å². The molecule has 0 saturated heterocycles. The van der Waals surface area contributed by atoms with Crippen molar-refractivity contribution < 1.29 is 18.7 Å². The van der Waals surface area contributed by atoms with E-state index in [-0.39, 0.29) is 17.9 Å². The molecule has 1 atom stereocenters. The summed E-state index contributed by atoms with van der Waals surface area (Å²) in [5.41, 5.74) is 2.85. The molecule has 0 fully saturated rings. The van der Waals surface area contributed by atoms with E-state index in [9.17, 15) is 14.4 Å². The van der Waals surface area contributed by atoms with Crippen LogP contribution in [0.25, 0.3) is 17.4 Å². The molecule has 186 valence electrons. The van der Waals surface area contributed by atoms with Crippen LogP contribution in [-0.2, 0) is 9.53 Å². The molecule has 7 nitrogen and oxygen atoms in total. The molecule has 5 rings (SSSR count). The minimum atomic E-state index is -0.648. The number of carbonyl (C=O) groups is 2. The average molecular weight is 513 g/mol. The second-order valence-electron chi connectivity index (χ2n) is 8.55. The summed E-state index contributed by atoms with van der Waals surface area (Å²) in [6, 6.07) is 19.5. The van der Waals surface area contributed by atoms with Crippen molar-refractivity contribution in [2.75, 3.05) is 6.61 Å². The van der Waals surface area contributed by atoms with Gasteiger partial charge in [-0.15, -0.1) is 0 Å². The predicted octanol–water partition coefficient (Wildman–Crippen LogP) is 4.26. The fourth-order valence-electron chi connectivity index (χ4n) is 4.33. The fourth-order valence-corrected chi connectivity index (χ4v) is 5.35. The van der Waals surface area contributed by atoms with E-state index in [1.807, 2.05) is 48.5 Å². The normalized spacial score (nSPS) is 15.3. The third-order valence-electron chi connectivity index (χ3n) is 6.11. The van der Waals surface area contributed by atoms with Crippen LogP contribution in [0.2, 0.25) is 0 Å². The van der Waals surface area contributed by atoms with Crippen molar-refractivity contribution in [1.29, 1.82) is 0 Å². The van der Waals surface area contributed by atoms with Crippen LogP contribution < -0.4 is 14.9 Å². The average Bonchev–Trinajstić information content (AvgIpc) is 3.48. The molecule has 2 aromatic carbocycles. The molecule has 0 spiro atoms. The smallest absolute Gasteiger partial charge is 0.338 e. The van der Waals surface area contributed by atoms with Crippen LogP contribution in [0.3, 0.4) is 0 Å². The number of furan rings is 1. The Morgan fingerprint density at radius 1 is 1.08 bits per heavy atom. The number of allylic oxidation sites excluding steroid dienone is 1. The number of carbonyl (C=O) groups excluding carboxylic acids is 2. The summed E-state index contributed by atoms with van der Waals surface area (Å²) < 4.78 is 13.3. The summed E-state index contributed by atoms with van der Waals surface area (Å²) >= 11 is 1.24. The van der Waals surface area contributed by atoms with Gasteiger partial charge in [0.1, 0.15) is 11.5 Å². The molecule has 1 aliphatic heterocycles. The van der Waals surface area contributed by atoms with Gasteiger partial charge in [0.15, 0.2) is 10.6 Å². The van der Waals surface area contributed by atoms with Crippen molar-refractivity contribution in [2.45, 2.75) is 26.8 Å².